The number of ether oxygens (including phenoxy) is 1. The van der Waals surface area contributed by atoms with Gasteiger partial charge in [0.25, 0.3) is 16.6 Å². The summed E-state index contributed by atoms with van der Waals surface area (Å²) in [5.74, 6) is 3.40. The van der Waals surface area contributed by atoms with Crippen molar-refractivity contribution in [2.24, 2.45) is 0 Å². The first-order chi connectivity index (χ1) is 14.0. The Bertz CT molecular complexity index is 854. The lowest BCUT2D eigenvalue weighted by Gasteiger charge is -2.37. The highest BCUT2D eigenvalue weighted by atomic mass is 127. The second kappa shape index (κ2) is 9.54. The molecular formula is C24H36I2O3Si2. The van der Waals surface area contributed by atoms with Crippen LogP contribution in [0.5, 0.6) is 23.0 Å². The summed E-state index contributed by atoms with van der Waals surface area (Å²) in [6, 6.07) is 12.1. The van der Waals surface area contributed by atoms with Crippen LogP contribution in [0.4, 0.5) is 0 Å². The SMILES string of the molecule is CC(C)(C)[Si](C)(C)Oc1cccc(Oc2cccc(O[Si](C)(C)C(C)(C)C)c2I)c1I. The fourth-order valence-electron chi connectivity index (χ4n) is 2.27. The van der Waals surface area contributed by atoms with Crippen molar-refractivity contribution in [2.45, 2.75) is 77.8 Å². The standard InChI is InChI=1S/C24H36I2O3Si2/c1-23(2,3)30(7,8)28-19-15-11-13-17(21(19)25)27-18-14-12-16-20(22(18)26)29-31(9,10)24(4,5)6/h11-16H,1-10H3. The molecule has 7 heteroatoms. The molecule has 0 saturated heterocycles. The van der Waals surface area contributed by atoms with Gasteiger partial charge in [0.15, 0.2) is 0 Å². The Labute approximate surface area is 218 Å². The topological polar surface area (TPSA) is 27.7 Å². The Morgan fingerprint density at radius 2 is 0.871 bits per heavy atom. The minimum atomic E-state index is -1.93. The van der Waals surface area contributed by atoms with Crippen molar-refractivity contribution in [3.63, 3.8) is 0 Å². The zero-order chi connectivity index (χ0) is 23.8. The molecule has 0 aliphatic rings. The fraction of sp³-hybridized carbons (Fsp3) is 0.500. The molecule has 0 aliphatic heterocycles. The van der Waals surface area contributed by atoms with Crippen LogP contribution in [0.15, 0.2) is 36.4 Å². The first-order valence-electron chi connectivity index (χ1n) is 10.6. The molecule has 0 aromatic heterocycles. The molecule has 0 aliphatic carbocycles. The quantitative estimate of drug-likeness (QED) is 0.225. The number of benzene rings is 2. The maximum atomic E-state index is 6.56. The first-order valence-corrected chi connectivity index (χ1v) is 18.6. The van der Waals surface area contributed by atoms with E-state index in [1.165, 1.54) is 0 Å². The van der Waals surface area contributed by atoms with Gasteiger partial charge < -0.3 is 13.6 Å². The predicted molar refractivity (Wildman–Crippen MR) is 154 cm³/mol. The van der Waals surface area contributed by atoms with Crippen LogP contribution in [0.25, 0.3) is 0 Å². The Kier molecular flexibility index (Phi) is 8.30. The smallest absolute Gasteiger partial charge is 0.250 e. The number of hydrogen-bond donors (Lipinski definition) is 0. The molecule has 0 spiro atoms. The van der Waals surface area contributed by atoms with Gasteiger partial charge in [0.05, 0.1) is 7.14 Å². The molecular weight excluding hydrogens is 646 g/mol. The van der Waals surface area contributed by atoms with Crippen LogP contribution in [0, 0.1) is 7.14 Å². The zero-order valence-corrected chi connectivity index (χ0v) is 26.8. The summed E-state index contributed by atoms with van der Waals surface area (Å²) in [6.45, 7) is 22.6. The van der Waals surface area contributed by atoms with Crippen molar-refractivity contribution in [2.75, 3.05) is 0 Å². The van der Waals surface area contributed by atoms with E-state index in [1.54, 1.807) is 0 Å². The zero-order valence-electron chi connectivity index (χ0n) is 20.4. The molecule has 0 radical (unpaired) electrons. The van der Waals surface area contributed by atoms with Crippen molar-refractivity contribution in [1.82, 2.24) is 0 Å². The molecule has 0 fully saturated rings. The van der Waals surface area contributed by atoms with Gasteiger partial charge in [0, 0.05) is 0 Å². The maximum absolute atomic E-state index is 6.56. The van der Waals surface area contributed by atoms with Gasteiger partial charge >= 0.3 is 0 Å². The lowest BCUT2D eigenvalue weighted by atomic mass is 10.2. The number of halogens is 2. The average Bonchev–Trinajstić information content (AvgIpc) is 2.59. The van der Waals surface area contributed by atoms with Crippen molar-refractivity contribution in [3.05, 3.63) is 43.5 Å². The summed E-state index contributed by atoms with van der Waals surface area (Å²) < 4.78 is 21.5. The van der Waals surface area contributed by atoms with Crippen LogP contribution in [0.1, 0.15) is 41.5 Å². The normalized spacial score (nSPS) is 13.2. The third-order valence-corrected chi connectivity index (χ3v) is 17.2. The Morgan fingerprint density at radius 3 is 1.16 bits per heavy atom. The molecule has 2 aromatic carbocycles. The highest BCUT2D eigenvalue weighted by Crippen LogP contribution is 2.43. The van der Waals surface area contributed by atoms with Crippen LogP contribution in [0.2, 0.25) is 36.3 Å². The summed E-state index contributed by atoms with van der Waals surface area (Å²) in [6.07, 6.45) is 0. The Morgan fingerprint density at radius 1 is 0.581 bits per heavy atom. The molecule has 2 aromatic rings. The second-order valence-corrected chi connectivity index (χ2v) is 22.6. The molecule has 0 bridgehead atoms. The number of rotatable bonds is 6. The van der Waals surface area contributed by atoms with Crippen molar-refractivity contribution < 1.29 is 13.6 Å². The van der Waals surface area contributed by atoms with E-state index < -0.39 is 16.6 Å². The van der Waals surface area contributed by atoms with Crippen LogP contribution in [-0.4, -0.2) is 16.6 Å². The van der Waals surface area contributed by atoms with Crippen LogP contribution < -0.4 is 13.6 Å². The molecule has 0 atom stereocenters. The highest BCUT2D eigenvalue weighted by Gasteiger charge is 2.40. The van der Waals surface area contributed by atoms with Gasteiger partial charge in [-0.25, -0.2) is 0 Å². The van der Waals surface area contributed by atoms with E-state index in [2.05, 4.69) is 113 Å². The van der Waals surface area contributed by atoms with E-state index in [0.717, 1.165) is 30.1 Å². The van der Waals surface area contributed by atoms with Gasteiger partial charge in [-0.05, 0) is 106 Å². The minimum Gasteiger partial charge on any atom is -0.543 e. The predicted octanol–water partition coefficient (Wildman–Crippen LogP) is 9.46. The van der Waals surface area contributed by atoms with Crippen LogP contribution >= 0.6 is 45.2 Å². The molecule has 31 heavy (non-hydrogen) atoms. The van der Waals surface area contributed by atoms with Crippen molar-refractivity contribution >= 4 is 61.8 Å². The van der Waals surface area contributed by atoms with Crippen LogP contribution in [-0.2, 0) is 0 Å². The molecule has 172 valence electrons. The van der Waals surface area contributed by atoms with E-state index in [9.17, 15) is 0 Å². The van der Waals surface area contributed by atoms with Gasteiger partial charge in [-0.2, -0.15) is 0 Å². The fourth-order valence-corrected chi connectivity index (χ4v) is 5.90. The summed E-state index contributed by atoms with van der Waals surface area (Å²) in [4.78, 5) is 0. The van der Waals surface area contributed by atoms with E-state index in [0.29, 0.717) is 0 Å². The Balaban J connectivity index is 2.34. The summed E-state index contributed by atoms with van der Waals surface area (Å²) in [7, 11) is -3.87. The Hall–Kier alpha value is -0.266. The monoisotopic (exact) mass is 682 g/mol. The largest absolute Gasteiger partial charge is 0.543 e. The minimum absolute atomic E-state index is 0.137. The van der Waals surface area contributed by atoms with Gasteiger partial charge in [-0.1, -0.05) is 53.7 Å². The lowest BCUT2D eigenvalue weighted by Crippen LogP contribution is -2.44. The molecule has 2 rings (SSSR count). The molecule has 0 saturated carbocycles. The lowest BCUT2D eigenvalue weighted by molar-refractivity contribution is 0.451. The number of hydrogen-bond acceptors (Lipinski definition) is 3. The molecule has 0 amide bonds. The molecule has 0 unspecified atom stereocenters. The highest BCUT2D eigenvalue weighted by molar-refractivity contribution is 14.1. The van der Waals surface area contributed by atoms with Crippen LogP contribution in [0.3, 0.4) is 0 Å². The van der Waals surface area contributed by atoms with Gasteiger partial charge in [0.1, 0.15) is 23.0 Å². The summed E-state index contributed by atoms with van der Waals surface area (Å²) >= 11 is 4.67. The van der Waals surface area contributed by atoms with Crippen molar-refractivity contribution in [3.8, 4) is 23.0 Å². The van der Waals surface area contributed by atoms with Gasteiger partial charge in [-0.15, -0.1) is 0 Å². The molecule has 0 heterocycles. The molecule has 3 nitrogen and oxygen atoms in total. The van der Waals surface area contributed by atoms with Gasteiger partial charge in [0.2, 0.25) is 0 Å². The summed E-state index contributed by atoms with van der Waals surface area (Å²) in [5.41, 5.74) is 0. The third-order valence-electron chi connectivity index (χ3n) is 6.42. The van der Waals surface area contributed by atoms with E-state index >= 15 is 0 Å². The third kappa shape index (κ3) is 6.41. The van der Waals surface area contributed by atoms with Gasteiger partial charge in [-0.3, -0.25) is 0 Å². The molecule has 0 N–H and O–H groups in total. The summed E-state index contributed by atoms with van der Waals surface area (Å²) in [5, 5.41) is 0.273. The van der Waals surface area contributed by atoms with E-state index in [4.69, 9.17) is 13.6 Å². The first kappa shape index (κ1) is 27.0. The van der Waals surface area contributed by atoms with E-state index in [1.807, 2.05) is 36.4 Å². The second-order valence-electron chi connectivity index (χ2n) is 11.0. The van der Waals surface area contributed by atoms with Crippen molar-refractivity contribution in [1.29, 1.82) is 0 Å². The maximum Gasteiger partial charge on any atom is 0.250 e. The van der Waals surface area contributed by atoms with E-state index in [-0.39, 0.29) is 10.1 Å². The average molecular weight is 683 g/mol.